The fourth-order valence-electron chi connectivity index (χ4n) is 2.63. The van der Waals surface area contributed by atoms with Crippen molar-refractivity contribution in [3.8, 4) is 0 Å². The molecular weight excluding hydrogens is 250 g/mol. The van der Waals surface area contributed by atoms with Gasteiger partial charge in [0.2, 0.25) is 0 Å². The Bertz CT molecular complexity index is 456. The van der Waals surface area contributed by atoms with Gasteiger partial charge in [0, 0.05) is 24.7 Å². The lowest BCUT2D eigenvalue weighted by Crippen LogP contribution is -2.39. The molecule has 1 aliphatic heterocycles. The third kappa shape index (κ3) is 2.92. The van der Waals surface area contributed by atoms with Gasteiger partial charge in [0.1, 0.15) is 23.6 Å². The summed E-state index contributed by atoms with van der Waals surface area (Å²) in [6.45, 7) is 4.24. The van der Waals surface area contributed by atoms with Gasteiger partial charge in [-0.3, -0.25) is 4.79 Å². The molecule has 5 heteroatoms. The lowest BCUT2D eigenvalue weighted by atomic mass is 10.1. The molecule has 1 aromatic carbocycles. The number of halogens is 2. The first-order chi connectivity index (χ1) is 9.02. The summed E-state index contributed by atoms with van der Waals surface area (Å²) in [5, 5.41) is 0. The van der Waals surface area contributed by atoms with Crippen molar-refractivity contribution >= 4 is 12.0 Å². The van der Waals surface area contributed by atoms with E-state index < -0.39 is 11.6 Å². The second-order valence-electron chi connectivity index (χ2n) is 5.11. The highest BCUT2D eigenvalue weighted by molar-refractivity contribution is 5.76. The van der Waals surface area contributed by atoms with Crippen molar-refractivity contribution in [3.63, 3.8) is 0 Å². The minimum absolute atomic E-state index is 0.0200. The van der Waals surface area contributed by atoms with Crippen LogP contribution in [0.1, 0.15) is 23.7 Å². The van der Waals surface area contributed by atoms with Gasteiger partial charge in [-0.2, -0.15) is 0 Å². The first-order valence-electron chi connectivity index (χ1n) is 6.42. The van der Waals surface area contributed by atoms with E-state index in [1.807, 2.05) is 14.0 Å². The van der Waals surface area contributed by atoms with Gasteiger partial charge in [0.25, 0.3) is 0 Å². The number of hydrogen-bond acceptors (Lipinski definition) is 3. The summed E-state index contributed by atoms with van der Waals surface area (Å²) in [7, 11) is 2.00. The predicted octanol–water partition coefficient (Wildman–Crippen LogP) is 2.31. The maximum atomic E-state index is 14.0. The largest absolute Gasteiger partial charge is 0.363 e. The number of aldehydes is 1. The zero-order chi connectivity index (χ0) is 14.0. The molecule has 1 aliphatic rings. The molecule has 0 bridgehead atoms. The Morgan fingerprint density at radius 3 is 2.47 bits per heavy atom. The molecule has 1 atom stereocenters. The number of likely N-dealkylation sites (N-methyl/N-ethyl adjacent to an activating group) is 1. The number of rotatable bonds is 2. The Labute approximate surface area is 111 Å². The molecule has 19 heavy (non-hydrogen) atoms. The van der Waals surface area contributed by atoms with Crippen LogP contribution >= 0.6 is 0 Å². The lowest BCUT2D eigenvalue weighted by Gasteiger charge is -2.30. The number of nitrogens with zero attached hydrogens (tertiary/aromatic N) is 2. The van der Waals surface area contributed by atoms with Gasteiger partial charge in [0.05, 0.1) is 0 Å². The van der Waals surface area contributed by atoms with Crippen LogP contribution in [0.5, 0.6) is 0 Å². The van der Waals surface area contributed by atoms with Crippen LogP contribution in [-0.2, 0) is 0 Å². The van der Waals surface area contributed by atoms with Crippen LogP contribution < -0.4 is 4.90 Å². The normalized spacial score (nSPS) is 21.3. The molecule has 0 saturated carbocycles. The van der Waals surface area contributed by atoms with Crippen molar-refractivity contribution in [2.24, 2.45) is 0 Å². The molecule has 0 aromatic heterocycles. The monoisotopic (exact) mass is 268 g/mol. The number of carbonyl (C=O) groups excluding carboxylic acids is 1. The van der Waals surface area contributed by atoms with Crippen molar-refractivity contribution < 1.29 is 13.6 Å². The summed E-state index contributed by atoms with van der Waals surface area (Å²) < 4.78 is 28.1. The van der Waals surface area contributed by atoms with Crippen LogP contribution in [0, 0.1) is 11.6 Å². The summed E-state index contributed by atoms with van der Waals surface area (Å²) >= 11 is 0. The summed E-state index contributed by atoms with van der Waals surface area (Å²) in [6, 6.07) is 2.21. The van der Waals surface area contributed by atoms with Crippen LogP contribution in [0.25, 0.3) is 0 Å². The van der Waals surface area contributed by atoms with Gasteiger partial charge in [-0.1, -0.05) is 0 Å². The number of hydrogen-bond donors (Lipinski definition) is 0. The standard InChI is InChI=1S/C14H18F2N2O/c1-10-8-17(2)4-3-5-18(10)14-12(15)6-11(9-19)7-13(14)16/h6-7,9-10H,3-5,8H2,1-2H3. The maximum Gasteiger partial charge on any atom is 0.150 e. The molecule has 2 rings (SSSR count). The quantitative estimate of drug-likeness (QED) is 0.769. The maximum absolute atomic E-state index is 14.0. The first-order valence-corrected chi connectivity index (χ1v) is 6.42. The highest BCUT2D eigenvalue weighted by Gasteiger charge is 2.25. The Morgan fingerprint density at radius 2 is 1.89 bits per heavy atom. The molecule has 1 aromatic rings. The summed E-state index contributed by atoms with van der Waals surface area (Å²) in [5.41, 5.74) is 0.00624. The lowest BCUT2D eigenvalue weighted by molar-refractivity contribution is 0.112. The molecule has 0 aliphatic carbocycles. The second-order valence-corrected chi connectivity index (χ2v) is 5.11. The Hall–Kier alpha value is -1.49. The average Bonchev–Trinajstić information content (AvgIpc) is 2.50. The van der Waals surface area contributed by atoms with E-state index in [0.29, 0.717) is 12.8 Å². The van der Waals surface area contributed by atoms with Crippen LogP contribution in [-0.4, -0.2) is 43.9 Å². The highest BCUT2D eigenvalue weighted by Crippen LogP contribution is 2.27. The van der Waals surface area contributed by atoms with Crippen LogP contribution in [0.3, 0.4) is 0 Å². The fraction of sp³-hybridized carbons (Fsp3) is 0.500. The third-order valence-corrected chi connectivity index (χ3v) is 3.51. The Balaban J connectivity index is 2.37. The van der Waals surface area contributed by atoms with E-state index >= 15 is 0 Å². The number of benzene rings is 1. The van der Waals surface area contributed by atoms with Crippen LogP contribution in [0.2, 0.25) is 0 Å². The zero-order valence-electron chi connectivity index (χ0n) is 11.2. The van der Waals surface area contributed by atoms with Crippen molar-refractivity contribution in [1.82, 2.24) is 4.90 Å². The summed E-state index contributed by atoms with van der Waals surface area (Å²) in [6.07, 6.45) is 1.31. The molecule has 104 valence electrons. The first kappa shape index (κ1) is 13.9. The van der Waals surface area contributed by atoms with E-state index in [4.69, 9.17) is 0 Å². The Kier molecular flexibility index (Phi) is 4.14. The van der Waals surface area contributed by atoms with Gasteiger partial charge in [0.15, 0.2) is 0 Å². The van der Waals surface area contributed by atoms with Crippen molar-refractivity contribution in [1.29, 1.82) is 0 Å². The van der Waals surface area contributed by atoms with Gasteiger partial charge < -0.3 is 9.80 Å². The van der Waals surface area contributed by atoms with E-state index in [-0.39, 0.29) is 17.3 Å². The van der Waals surface area contributed by atoms with E-state index in [1.165, 1.54) is 0 Å². The van der Waals surface area contributed by atoms with Crippen molar-refractivity contribution in [2.75, 3.05) is 31.6 Å². The SMILES string of the molecule is CC1CN(C)CCCN1c1c(F)cc(C=O)cc1F. The number of anilines is 1. The minimum atomic E-state index is -0.668. The van der Waals surface area contributed by atoms with E-state index in [2.05, 4.69) is 4.90 Å². The summed E-state index contributed by atoms with van der Waals surface area (Å²) in [4.78, 5) is 14.5. The minimum Gasteiger partial charge on any atom is -0.363 e. The molecule has 0 N–H and O–H groups in total. The smallest absolute Gasteiger partial charge is 0.150 e. The van der Waals surface area contributed by atoms with Gasteiger partial charge in [-0.05, 0) is 39.1 Å². The fourth-order valence-corrected chi connectivity index (χ4v) is 2.63. The molecule has 0 radical (unpaired) electrons. The molecule has 1 fully saturated rings. The predicted molar refractivity (Wildman–Crippen MR) is 70.7 cm³/mol. The summed E-state index contributed by atoms with van der Waals surface area (Å²) in [5.74, 6) is -1.34. The van der Waals surface area contributed by atoms with E-state index in [0.717, 1.165) is 31.6 Å². The van der Waals surface area contributed by atoms with Gasteiger partial charge in [-0.25, -0.2) is 8.78 Å². The molecule has 0 spiro atoms. The molecular formula is C14H18F2N2O. The highest BCUT2D eigenvalue weighted by atomic mass is 19.1. The molecule has 0 amide bonds. The zero-order valence-corrected chi connectivity index (χ0v) is 11.2. The average molecular weight is 268 g/mol. The molecule has 1 heterocycles. The van der Waals surface area contributed by atoms with Crippen molar-refractivity contribution in [3.05, 3.63) is 29.3 Å². The van der Waals surface area contributed by atoms with Gasteiger partial charge in [-0.15, -0.1) is 0 Å². The van der Waals surface area contributed by atoms with E-state index in [1.54, 1.807) is 4.90 Å². The topological polar surface area (TPSA) is 23.6 Å². The Morgan fingerprint density at radius 1 is 1.26 bits per heavy atom. The van der Waals surface area contributed by atoms with E-state index in [9.17, 15) is 13.6 Å². The number of carbonyl (C=O) groups is 1. The molecule has 1 saturated heterocycles. The van der Waals surface area contributed by atoms with Gasteiger partial charge >= 0.3 is 0 Å². The third-order valence-electron chi connectivity index (χ3n) is 3.51. The second kappa shape index (κ2) is 5.65. The van der Waals surface area contributed by atoms with Crippen LogP contribution in [0.4, 0.5) is 14.5 Å². The van der Waals surface area contributed by atoms with Crippen LogP contribution in [0.15, 0.2) is 12.1 Å². The molecule has 3 nitrogen and oxygen atoms in total. The molecule has 1 unspecified atom stereocenters. The van der Waals surface area contributed by atoms with Crippen molar-refractivity contribution in [2.45, 2.75) is 19.4 Å².